The molecule has 0 heterocycles. The standard InChI is InChI=1S/C15H19BrN2O2/c1-5-6-18-15(19)11(3)20-14-10(2)7-13(16)8-12(14)9-17-4/h1,7-8,11,17H,6,9H2,2-4H3,(H,18,19). The van der Waals surface area contributed by atoms with Gasteiger partial charge in [0.05, 0.1) is 6.54 Å². The molecule has 1 aromatic rings. The first kappa shape index (κ1) is 16.5. The minimum absolute atomic E-state index is 0.204. The van der Waals surface area contributed by atoms with Crippen molar-refractivity contribution in [2.24, 2.45) is 0 Å². The first-order chi connectivity index (χ1) is 9.49. The summed E-state index contributed by atoms with van der Waals surface area (Å²) in [5.74, 6) is 2.87. The van der Waals surface area contributed by atoms with Gasteiger partial charge in [0.15, 0.2) is 6.10 Å². The van der Waals surface area contributed by atoms with Gasteiger partial charge in [0, 0.05) is 16.6 Å². The van der Waals surface area contributed by atoms with Crippen molar-refractivity contribution in [3.05, 3.63) is 27.7 Å². The maximum Gasteiger partial charge on any atom is 0.261 e. The number of aryl methyl sites for hydroxylation is 1. The van der Waals surface area contributed by atoms with Crippen LogP contribution in [0.5, 0.6) is 5.75 Å². The summed E-state index contributed by atoms with van der Waals surface area (Å²) in [5.41, 5.74) is 1.97. The molecule has 0 aromatic heterocycles. The highest BCUT2D eigenvalue weighted by atomic mass is 79.9. The maximum absolute atomic E-state index is 11.8. The molecule has 0 saturated carbocycles. The average Bonchev–Trinajstić information content (AvgIpc) is 2.39. The minimum Gasteiger partial charge on any atom is -0.480 e. The van der Waals surface area contributed by atoms with Crippen LogP contribution in [-0.4, -0.2) is 25.6 Å². The second-order valence-corrected chi connectivity index (χ2v) is 5.34. The molecule has 1 atom stereocenters. The smallest absolute Gasteiger partial charge is 0.261 e. The molecule has 20 heavy (non-hydrogen) atoms. The highest BCUT2D eigenvalue weighted by molar-refractivity contribution is 9.10. The van der Waals surface area contributed by atoms with Crippen LogP contribution in [0, 0.1) is 19.3 Å². The molecule has 5 heteroatoms. The predicted octanol–water partition coefficient (Wildman–Crippen LogP) is 1.99. The van der Waals surface area contributed by atoms with Gasteiger partial charge in [0.25, 0.3) is 5.91 Å². The fourth-order valence-electron chi connectivity index (χ4n) is 1.80. The van der Waals surface area contributed by atoms with E-state index in [1.54, 1.807) is 6.92 Å². The van der Waals surface area contributed by atoms with Crippen molar-refractivity contribution in [3.63, 3.8) is 0 Å². The molecule has 1 rings (SSSR count). The Balaban J connectivity index is 2.91. The predicted molar refractivity (Wildman–Crippen MR) is 83.6 cm³/mol. The Bertz CT molecular complexity index is 523. The fourth-order valence-corrected chi connectivity index (χ4v) is 2.42. The third-order valence-electron chi connectivity index (χ3n) is 2.71. The normalized spacial score (nSPS) is 11.6. The Kier molecular flexibility index (Phi) is 6.56. The summed E-state index contributed by atoms with van der Waals surface area (Å²) in [6.45, 7) is 4.52. The number of carbonyl (C=O) groups excluding carboxylic acids is 1. The summed E-state index contributed by atoms with van der Waals surface area (Å²) in [6.07, 6.45) is 4.52. The topological polar surface area (TPSA) is 50.4 Å². The van der Waals surface area contributed by atoms with Crippen LogP contribution in [0.4, 0.5) is 0 Å². The Labute approximate surface area is 128 Å². The van der Waals surface area contributed by atoms with Crippen molar-refractivity contribution in [2.45, 2.75) is 26.5 Å². The van der Waals surface area contributed by atoms with E-state index in [1.807, 2.05) is 26.1 Å². The fraction of sp³-hybridized carbons (Fsp3) is 0.400. The van der Waals surface area contributed by atoms with E-state index in [0.29, 0.717) is 6.54 Å². The lowest BCUT2D eigenvalue weighted by molar-refractivity contribution is -0.127. The molecule has 1 unspecified atom stereocenters. The van der Waals surface area contributed by atoms with Crippen LogP contribution in [0.1, 0.15) is 18.1 Å². The summed E-state index contributed by atoms with van der Waals surface area (Å²) < 4.78 is 6.78. The van der Waals surface area contributed by atoms with Gasteiger partial charge in [-0.1, -0.05) is 21.9 Å². The van der Waals surface area contributed by atoms with Gasteiger partial charge in [-0.25, -0.2) is 0 Å². The maximum atomic E-state index is 11.8. The van der Waals surface area contributed by atoms with Crippen LogP contribution in [0.2, 0.25) is 0 Å². The largest absolute Gasteiger partial charge is 0.480 e. The van der Waals surface area contributed by atoms with Crippen molar-refractivity contribution < 1.29 is 9.53 Å². The zero-order valence-electron chi connectivity index (χ0n) is 11.9. The first-order valence-electron chi connectivity index (χ1n) is 6.31. The highest BCUT2D eigenvalue weighted by Crippen LogP contribution is 2.29. The Morgan fingerprint density at radius 3 is 2.85 bits per heavy atom. The number of rotatable bonds is 6. The summed E-state index contributed by atoms with van der Waals surface area (Å²) >= 11 is 3.46. The summed E-state index contributed by atoms with van der Waals surface area (Å²) in [7, 11) is 1.86. The van der Waals surface area contributed by atoms with Crippen molar-refractivity contribution >= 4 is 21.8 Å². The van der Waals surface area contributed by atoms with Crippen LogP contribution >= 0.6 is 15.9 Å². The number of carbonyl (C=O) groups is 1. The lowest BCUT2D eigenvalue weighted by atomic mass is 10.1. The lowest BCUT2D eigenvalue weighted by Crippen LogP contribution is -2.36. The van der Waals surface area contributed by atoms with E-state index in [0.717, 1.165) is 21.3 Å². The monoisotopic (exact) mass is 338 g/mol. The number of terminal acetylenes is 1. The van der Waals surface area contributed by atoms with Gasteiger partial charge in [0.1, 0.15) is 5.75 Å². The molecular formula is C15H19BrN2O2. The molecular weight excluding hydrogens is 320 g/mol. The molecule has 0 aliphatic rings. The number of hydrogen-bond donors (Lipinski definition) is 2. The molecule has 0 bridgehead atoms. The van der Waals surface area contributed by atoms with Gasteiger partial charge in [0.2, 0.25) is 0 Å². The quantitative estimate of drug-likeness (QED) is 0.780. The number of benzene rings is 1. The molecule has 0 saturated heterocycles. The summed E-state index contributed by atoms with van der Waals surface area (Å²) in [6, 6.07) is 3.94. The second kappa shape index (κ2) is 7.93. The molecule has 1 amide bonds. The van der Waals surface area contributed by atoms with Crippen molar-refractivity contribution in [1.29, 1.82) is 0 Å². The van der Waals surface area contributed by atoms with Gasteiger partial charge in [-0.15, -0.1) is 6.42 Å². The lowest BCUT2D eigenvalue weighted by Gasteiger charge is -2.19. The van der Waals surface area contributed by atoms with Crippen molar-refractivity contribution in [1.82, 2.24) is 10.6 Å². The molecule has 2 N–H and O–H groups in total. The zero-order chi connectivity index (χ0) is 15.1. The number of hydrogen-bond acceptors (Lipinski definition) is 3. The first-order valence-corrected chi connectivity index (χ1v) is 7.10. The van der Waals surface area contributed by atoms with Crippen molar-refractivity contribution in [3.8, 4) is 18.1 Å². The Hall–Kier alpha value is -1.51. The number of nitrogens with one attached hydrogen (secondary N) is 2. The molecule has 1 aromatic carbocycles. The number of ether oxygens (including phenoxy) is 1. The van der Waals surface area contributed by atoms with Crippen LogP contribution < -0.4 is 15.4 Å². The van der Waals surface area contributed by atoms with E-state index in [1.165, 1.54) is 0 Å². The van der Waals surface area contributed by atoms with E-state index in [-0.39, 0.29) is 12.5 Å². The SMILES string of the molecule is C#CCNC(=O)C(C)Oc1c(C)cc(Br)cc1CNC. The van der Waals surface area contributed by atoms with Gasteiger partial charge >= 0.3 is 0 Å². The van der Waals surface area contributed by atoms with E-state index in [4.69, 9.17) is 11.2 Å². The molecule has 0 aliphatic carbocycles. The number of halogens is 1. The third-order valence-corrected chi connectivity index (χ3v) is 3.17. The van der Waals surface area contributed by atoms with E-state index in [2.05, 4.69) is 32.5 Å². The molecule has 0 fully saturated rings. The highest BCUT2D eigenvalue weighted by Gasteiger charge is 2.17. The van der Waals surface area contributed by atoms with Crippen LogP contribution in [0.3, 0.4) is 0 Å². The van der Waals surface area contributed by atoms with E-state index in [9.17, 15) is 4.79 Å². The molecule has 0 aliphatic heterocycles. The van der Waals surface area contributed by atoms with Gasteiger partial charge in [-0.05, 0) is 38.6 Å². The van der Waals surface area contributed by atoms with Crippen LogP contribution in [0.25, 0.3) is 0 Å². The summed E-state index contributed by atoms with van der Waals surface area (Å²) in [4.78, 5) is 11.8. The van der Waals surface area contributed by atoms with Crippen LogP contribution in [0.15, 0.2) is 16.6 Å². The van der Waals surface area contributed by atoms with Crippen molar-refractivity contribution in [2.75, 3.05) is 13.6 Å². The second-order valence-electron chi connectivity index (χ2n) is 4.42. The molecule has 0 spiro atoms. The number of amides is 1. The van der Waals surface area contributed by atoms with Gasteiger partial charge < -0.3 is 15.4 Å². The minimum atomic E-state index is -0.598. The molecule has 0 radical (unpaired) electrons. The van der Waals surface area contributed by atoms with E-state index < -0.39 is 6.10 Å². The molecule has 108 valence electrons. The van der Waals surface area contributed by atoms with Gasteiger partial charge in [-0.2, -0.15) is 0 Å². The molecule has 4 nitrogen and oxygen atoms in total. The Morgan fingerprint density at radius 1 is 1.55 bits per heavy atom. The summed E-state index contributed by atoms with van der Waals surface area (Å²) in [5, 5.41) is 5.70. The zero-order valence-corrected chi connectivity index (χ0v) is 13.5. The van der Waals surface area contributed by atoms with E-state index >= 15 is 0 Å². The average molecular weight is 339 g/mol. The third kappa shape index (κ3) is 4.55. The van der Waals surface area contributed by atoms with Gasteiger partial charge in [-0.3, -0.25) is 4.79 Å². The Morgan fingerprint density at radius 2 is 2.25 bits per heavy atom. The van der Waals surface area contributed by atoms with Crippen LogP contribution in [-0.2, 0) is 11.3 Å².